The van der Waals surface area contributed by atoms with E-state index in [2.05, 4.69) is 10.3 Å². The van der Waals surface area contributed by atoms with E-state index < -0.39 is 10.5 Å². The van der Waals surface area contributed by atoms with Crippen molar-refractivity contribution in [2.24, 2.45) is 7.05 Å². The van der Waals surface area contributed by atoms with Crippen LogP contribution in [0.1, 0.15) is 29.0 Å². The largest absolute Gasteiger partial charge is 0.381 e. The van der Waals surface area contributed by atoms with Crippen LogP contribution < -0.4 is 5.32 Å². The van der Waals surface area contributed by atoms with Gasteiger partial charge in [-0.05, 0) is 12.1 Å². The molecule has 0 spiro atoms. The zero-order valence-electron chi connectivity index (χ0n) is 15.3. The summed E-state index contributed by atoms with van der Waals surface area (Å²) in [5.41, 5.74) is -0.0186. The van der Waals surface area contributed by atoms with Gasteiger partial charge in [0.05, 0.1) is 10.5 Å². The van der Waals surface area contributed by atoms with Gasteiger partial charge in [-0.2, -0.15) is 0 Å². The predicted octanol–water partition coefficient (Wildman–Crippen LogP) is 2.17. The number of benzene rings is 1. The van der Waals surface area contributed by atoms with Crippen LogP contribution in [-0.4, -0.2) is 52.7 Å². The Kier molecular flexibility index (Phi) is 5.52. The summed E-state index contributed by atoms with van der Waals surface area (Å²) in [6.45, 7) is 1.60. The van der Waals surface area contributed by atoms with Gasteiger partial charge in [0.15, 0.2) is 5.82 Å². The van der Waals surface area contributed by atoms with Crippen LogP contribution >= 0.6 is 0 Å². The number of carbonyl (C=O) groups excluding carboxylic acids is 1. The lowest BCUT2D eigenvalue weighted by molar-refractivity contribution is -0.384. The molecule has 9 nitrogen and oxygen atoms in total. The molecule has 0 unspecified atom stereocenters. The number of rotatable bonds is 7. The van der Waals surface area contributed by atoms with E-state index in [9.17, 15) is 14.9 Å². The normalized spacial score (nSPS) is 16.1. The summed E-state index contributed by atoms with van der Waals surface area (Å²) in [6.07, 6.45) is 4.57. The number of ether oxygens (including phenoxy) is 2. The number of carbonyl (C=O) groups is 1. The van der Waals surface area contributed by atoms with E-state index in [4.69, 9.17) is 9.47 Å². The van der Waals surface area contributed by atoms with E-state index in [1.807, 2.05) is 0 Å². The molecule has 1 saturated heterocycles. The first-order chi connectivity index (χ1) is 13.0. The maximum atomic E-state index is 12.6. The van der Waals surface area contributed by atoms with Gasteiger partial charge in [-0.15, -0.1) is 0 Å². The number of aryl methyl sites for hydroxylation is 1. The lowest BCUT2D eigenvalue weighted by Gasteiger charge is -2.36. The summed E-state index contributed by atoms with van der Waals surface area (Å²) < 4.78 is 12.6. The minimum atomic E-state index is -0.499. The molecule has 1 aliphatic heterocycles. The number of aromatic nitrogens is 2. The van der Waals surface area contributed by atoms with E-state index in [0.717, 1.165) is 0 Å². The highest BCUT2D eigenvalue weighted by Gasteiger charge is 2.33. The van der Waals surface area contributed by atoms with Crippen LogP contribution in [0.25, 0.3) is 0 Å². The third kappa shape index (κ3) is 3.99. The Hall–Kier alpha value is -2.78. The molecule has 0 aliphatic carbocycles. The zero-order valence-corrected chi connectivity index (χ0v) is 15.3. The van der Waals surface area contributed by atoms with Gasteiger partial charge in [0.25, 0.3) is 5.69 Å². The number of imidazole rings is 1. The summed E-state index contributed by atoms with van der Waals surface area (Å²) in [6, 6.07) is 4.40. The fourth-order valence-corrected chi connectivity index (χ4v) is 3.14. The Bertz CT molecular complexity index is 842. The van der Waals surface area contributed by atoms with Crippen LogP contribution in [0.5, 0.6) is 0 Å². The Labute approximate surface area is 156 Å². The first kappa shape index (κ1) is 19.0. The minimum absolute atomic E-state index is 0.159. The molecule has 2 aromatic rings. The molecule has 0 atom stereocenters. The summed E-state index contributed by atoms with van der Waals surface area (Å²) in [5, 5.41) is 14.6. The van der Waals surface area contributed by atoms with Crippen molar-refractivity contribution in [3.05, 3.63) is 52.1 Å². The number of anilines is 1. The second-order valence-electron chi connectivity index (χ2n) is 6.53. The molecule has 0 amide bonds. The first-order valence-corrected chi connectivity index (χ1v) is 8.63. The highest BCUT2D eigenvalue weighted by molar-refractivity contribution is 6.07. The van der Waals surface area contributed by atoms with Gasteiger partial charge in [0.2, 0.25) is 5.78 Å². The second kappa shape index (κ2) is 7.85. The number of nitro benzene ring substituents is 1. The van der Waals surface area contributed by atoms with Crippen LogP contribution in [0.4, 0.5) is 11.4 Å². The number of ketones is 1. The third-order valence-corrected chi connectivity index (χ3v) is 4.92. The molecule has 1 aromatic carbocycles. The van der Waals surface area contributed by atoms with Crippen molar-refractivity contribution in [3.63, 3.8) is 0 Å². The number of hydrogen-bond acceptors (Lipinski definition) is 7. The van der Waals surface area contributed by atoms with Gasteiger partial charge in [-0.3, -0.25) is 14.9 Å². The Morgan fingerprint density at radius 1 is 1.44 bits per heavy atom. The lowest BCUT2D eigenvalue weighted by atomic mass is 9.94. The van der Waals surface area contributed by atoms with Gasteiger partial charge in [-0.1, -0.05) is 0 Å². The molecule has 1 N–H and O–H groups in total. The molecule has 144 valence electrons. The van der Waals surface area contributed by atoms with E-state index in [1.54, 1.807) is 37.1 Å². The Morgan fingerprint density at radius 3 is 2.78 bits per heavy atom. The van der Waals surface area contributed by atoms with Crippen LogP contribution in [0.3, 0.4) is 0 Å². The molecule has 0 radical (unpaired) electrons. The lowest BCUT2D eigenvalue weighted by Crippen LogP contribution is -2.44. The van der Waals surface area contributed by atoms with Gasteiger partial charge in [-0.25, -0.2) is 4.98 Å². The molecule has 1 aliphatic rings. The molecule has 27 heavy (non-hydrogen) atoms. The molecular formula is C18H22N4O5. The average molecular weight is 374 g/mol. The van der Waals surface area contributed by atoms with Crippen LogP contribution in [0.15, 0.2) is 30.6 Å². The van der Waals surface area contributed by atoms with Crippen molar-refractivity contribution in [1.82, 2.24) is 9.55 Å². The quantitative estimate of drug-likeness (QED) is 0.449. The summed E-state index contributed by atoms with van der Waals surface area (Å²) in [7, 11) is 3.33. The number of methoxy groups -OCH3 is 1. The molecule has 0 bridgehead atoms. The molecule has 1 aromatic heterocycles. The van der Waals surface area contributed by atoms with E-state index >= 15 is 0 Å². The fraction of sp³-hybridized carbons (Fsp3) is 0.444. The molecule has 9 heteroatoms. The fourth-order valence-electron chi connectivity index (χ4n) is 3.14. The Balaban J connectivity index is 1.83. The molecule has 1 fully saturated rings. The monoisotopic (exact) mass is 374 g/mol. The smallest absolute Gasteiger partial charge is 0.293 e. The minimum Gasteiger partial charge on any atom is -0.381 e. The molecule has 2 heterocycles. The summed E-state index contributed by atoms with van der Waals surface area (Å²) >= 11 is 0. The second-order valence-corrected chi connectivity index (χ2v) is 6.53. The van der Waals surface area contributed by atoms with Crippen molar-refractivity contribution in [2.45, 2.75) is 18.4 Å². The van der Waals surface area contributed by atoms with Crippen LogP contribution in [-0.2, 0) is 16.5 Å². The summed E-state index contributed by atoms with van der Waals surface area (Å²) in [4.78, 5) is 27.6. The SMILES string of the molecule is COC1(CNc2ccc(C(=O)c3nccn3C)cc2[N+](=O)[O-])CCOCC1. The van der Waals surface area contributed by atoms with Crippen LogP contribution in [0.2, 0.25) is 0 Å². The van der Waals surface area contributed by atoms with Crippen molar-refractivity contribution >= 4 is 17.2 Å². The highest BCUT2D eigenvalue weighted by Crippen LogP contribution is 2.30. The van der Waals surface area contributed by atoms with E-state index in [-0.39, 0.29) is 22.9 Å². The predicted molar refractivity (Wildman–Crippen MR) is 98.0 cm³/mol. The van der Waals surface area contributed by atoms with Gasteiger partial charge >= 0.3 is 0 Å². The maximum absolute atomic E-state index is 12.6. The number of nitro groups is 1. The average Bonchev–Trinajstić information content (AvgIpc) is 3.12. The van der Waals surface area contributed by atoms with E-state index in [1.165, 1.54) is 12.3 Å². The number of hydrogen-bond donors (Lipinski definition) is 1. The van der Waals surface area contributed by atoms with Gasteiger partial charge in [0.1, 0.15) is 5.69 Å². The van der Waals surface area contributed by atoms with Crippen molar-refractivity contribution in [2.75, 3.05) is 32.2 Å². The molecule has 0 saturated carbocycles. The first-order valence-electron chi connectivity index (χ1n) is 8.63. The van der Waals surface area contributed by atoms with Crippen molar-refractivity contribution in [3.8, 4) is 0 Å². The van der Waals surface area contributed by atoms with Gasteiger partial charge < -0.3 is 19.4 Å². The number of nitrogens with zero attached hydrogens (tertiary/aromatic N) is 3. The highest BCUT2D eigenvalue weighted by atomic mass is 16.6. The Morgan fingerprint density at radius 2 is 2.19 bits per heavy atom. The molecule has 3 rings (SSSR count). The van der Waals surface area contributed by atoms with Crippen LogP contribution in [0, 0.1) is 10.1 Å². The standard InChI is InChI=1S/C18H22N4O5/c1-21-8-7-19-17(21)16(23)13-3-4-14(15(11-13)22(24)25)20-12-18(26-2)5-9-27-10-6-18/h3-4,7-8,11,20H,5-6,9-10,12H2,1-2H3. The van der Waals surface area contributed by atoms with Crippen molar-refractivity contribution in [1.29, 1.82) is 0 Å². The van der Waals surface area contributed by atoms with Gasteiger partial charge in [0, 0.05) is 70.8 Å². The topological polar surface area (TPSA) is 109 Å². The third-order valence-electron chi connectivity index (χ3n) is 4.92. The zero-order chi connectivity index (χ0) is 19.4. The van der Waals surface area contributed by atoms with E-state index in [0.29, 0.717) is 38.3 Å². The van der Waals surface area contributed by atoms with Crippen molar-refractivity contribution < 1.29 is 19.2 Å². The maximum Gasteiger partial charge on any atom is 0.293 e. The summed E-state index contributed by atoms with van der Waals surface area (Å²) in [5.74, 6) is -0.138. The molecular weight excluding hydrogens is 352 g/mol. The number of nitrogens with one attached hydrogen (secondary N) is 1.